The molecule has 2 atom stereocenters. The summed E-state index contributed by atoms with van der Waals surface area (Å²) in [7, 11) is 0. The Balaban J connectivity index is 1.65. The molecule has 2 aliphatic rings. The van der Waals surface area contributed by atoms with Crippen molar-refractivity contribution in [3.05, 3.63) is 0 Å². The number of aliphatic hydroxyl groups is 1. The predicted molar refractivity (Wildman–Crippen MR) is 86.6 cm³/mol. The first-order valence-electron chi connectivity index (χ1n) is 8.95. The summed E-state index contributed by atoms with van der Waals surface area (Å²) < 4.78 is 5.30. The van der Waals surface area contributed by atoms with Gasteiger partial charge in [0.1, 0.15) is 0 Å². The molecular formula is C17H32N2O3. The summed E-state index contributed by atoms with van der Waals surface area (Å²) in [5, 5.41) is 13.0. The number of carbonyl (C=O) groups is 1. The van der Waals surface area contributed by atoms with Crippen LogP contribution in [0.15, 0.2) is 0 Å². The summed E-state index contributed by atoms with van der Waals surface area (Å²) in [5.41, 5.74) is 0. The fourth-order valence-corrected chi connectivity index (χ4v) is 3.62. The standard InChI is InChI=1S/C17H32N2O3/c1-2-15(11-14-5-3-4-6-14)17(21)18-12-16(20)13-19-7-9-22-10-8-19/h14-16,20H,2-13H2,1H3,(H,18,21). The summed E-state index contributed by atoms with van der Waals surface area (Å²) in [6.45, 7) is 6.26. The van der Waals surface area contributed by atoms with E-state index in [0.29, 0.717) is 13.1 Å². The zero-order chi connectivity index (χ0) is 15.8. The first-order valence-corrected chi connectivity index (χ1v) is 8.95. The number of β-amino-alcohol motifs (C(OH)–C–C–N with tert-alkyl or cyclic N) is 1. The lowest BCUT2D eigenvalue weighted by Crippen LogP contribution is -2.45. The van der Waals surface area contributed by atoms with Crippen molar-refractivity contribution in [1.82, 2.24) is 10.2 Å². The highest BCUT2D eigenvalue weighted by Crippen LogP contribution is 2.31. The lowest BCUT2D eigenvalue weighted by Gasteiger charge is -2.28. The molecule has 0 radical (unpaired) electrons. The van der Waals surface area contributed by atoms with E-state index in [9.17, 15) is 9.90 Å². The van der Waals surface area contributed by atoms with E-state index in [0.717, 1.165) is 45.1 Å². The molecule has 1 saturated carbocycles. The molecule has 2 N–H and O–H groups in total. The summed E-state index contributed by atoms with van der Waals surface area (Å²) in [6.07, 6.45) is 6.62. The summed E-state index contributed by atoms with van der Waals surface area (Å²) >= 11 is 0. The van der Waals surface area contributed by atoms with Crippen LogP contribution in [0, 0.1) is 11.8 Å². The molecule has 22 heavy (non-hydrogen) atoms. The lowest BCUT2D eigenvalue weighted by molar-refractivity contribution is -0.126. The molecule has 128 valence electrons. The van der Waals surface area contributed by atoms with Crippen molar-refractivity contribution in [2.45, 2.75) is 51.6 Å². The third-order valence-corrected chi connectivity index (χ3v) is 5.04. The van der Waals surface area contributed by atoms with Crippen molar-refractivity contribution in [2.75, 3.05) is 39.4 Å². The zero-order valence-corrected chi connectivity index (χ0v) is 13.9. The molecule has 1 saturated heterocycles. The van der Waals surface area contributed by atoms with Crippen LogP contribution >= 0.6 is 0 Å². The van der Waals surface area contributed by atoms with Crippen LogP contribution in [0.2, 0.25) is 0 Å². The fourth-order valence-electron chi connectivity index (χ4n) is 3.62. The Kier molecular flexibility index (Phi) is 7.63. The van der Waals surface area contributed by atoms with Crippen LogP contribution in [0.5, 0.6) is 0 Å². The first kappa shape index (κ1) is 17.7. The van der Waals surface area contributed by atoms with Crippen molar-refractivity contribution < 1.29 is 14.6 Å². The SMILES string of the molecule is CCC(CC1CCCC1)C(=O)NCC(O)CN1CCOCC1. The van der Waals surface area contributed by atoms with Gasteiger partial charge in [0.15, 0.2) is 0 Å². The number of aliphatic hydroxyl groups excluding tert-OH is 1. The van der Waals surface area contributed by atoms with Gasteiger partial charge in [-0.1, -0.05) is 32.6 Å². The van der Waals surface area contributed by atoms with Gasteiger partial charge in [0.25, 0.3) is 0 Å². The minimum Gasteiger partial charge on any atom is -0.390 e. The van der Waals surface area contributed by atoms with Gasteiger partial charge >= 0.3 is 0 Å². The first-order chi connectivity index (χ1) is 10.7. The maximum absolute atomic E-state index is 12.3. The molecule has 2 unspecified atom stereocenters. The molecular weight excluding hydrogens is 280 g/mol. The van der Waals surface area contributed by atoms with Gasteiger partial charge < -0.3 is 15.2 Å². The van der Waals surface area contributed by atoms with E-state index in [4.69, 9.17) is 4.74 Å². The normalized spacial score (nSPS) is 23.4. The molecule has 2 rings (SSSR count). The fraction of sp³-hybridized carbons (Fsp3) is 0.941. The van der Waals surface area contributed by atoms with Gasteiger partial charge in [0.2, 0.25) is 5.91 Å². The molecule has 0 aromatic carbocycles. The highest BCUT2D eigenvalue weighted by molar-refractivity contribution is 5.78. The molecule has 1 amide bonds. The molecule has 5 heteroatoms. The minimum absolute atomic E-state index is 0.110. The maximum atomic E-state index is 12.3. The van der Waals surface area contributed by atoms with E-state index in [1.54, 1.807) is 0 Å². The van der Waals surface area contributed by atoms with Crippen molar-refractivity contribution in [2.24, 2.45) is 11.8 Å². The smallest absolute Gasteiger partial charge is 0.223 e. The number of amides is 1. The van der Waals surface area contributed by atoms with E-state index >= 15 is 0 Å². The molecule has 2 fully saturated rings. The number of morpholine rings is 1. The molecule has 0 aromatic rings. The van der Waals surface area contributed by atoms with Crippen molar-refractivity contribution in [3.63, 3.8) is 0 Å². The lowest BCUT2D eigenvalue weighted by atomic mass is 9.91. The van der Waals surface area contributed by atoms with Gasteiger partial charge in [0.05, 0.1) is 19.3 Å². The van der Waals surface area contributed by atoms with Gasteiger partial charge in [-0.2, -0.15) is 0 Å². The number of nitrogens with one attached hydrogen (secondary N) is 1. The highest BCUT2D eigenvalue weighted by atomic mass is 16.5. The molecule has 1 aliphatic carbocycles. The summed E-state index contributed by atoms with van der Waals surface area (Å²) in [4.78, 5) is 14.5. The topological polar surface area (TPSA) is 61.8 Å². The van der Waals surface area contributed by atoms with E-state index in [1.165, 1.54) is 25.7 Å². The largest absolute Gasteiger partial charge is 0.390 e. The van der Waals surface area contributed by atoms with E-state index < -0.39 is 6.10 Å². The number of rotatable bonds is 8. The second-order valence-corrected chi connectivity index (χ2v) is 6.80. The van der Waals surface area contributed by atoms with E-state index in [1.807, 2.05) is 0 Å². The number of nitrogens with zero attached hydrogens (tertiary/aromatic N) is 1. The quantitative estimate of drug-likeness (QED) is 0.711. The highest BCUT2D eigenvalue weighted by Gasteiger charge is 2.24. The van der Waals surface area contributed by atoms with Crippen LogP contribution in [-0.2, 0) is 9.53 Å². The van der Waals surface area contributed by atoms with Crippen LogP contribution < -0.4 is 5.32 Å². The van der Waals surface area contributed by atoms with Gasteiger partial charge in [0, 0.05) is 32.1 Å². The Bertz CT molecular complexity index is 326. The average Bonchev–Trinajstić information content (AvgIpc) is 3.04. The monoisotopic (exact) mass is 312 g/mol. The third-order valence-electron chi connectivity index (χ3n) is 5.04. The Morgan fingerprint density at radius 1 is 1.32 bits per heavy atom. The van der Waals surface area contributed by atoms with Crippen LogP contribution in [0.25, 0.3) is 0 Å². The predicted octanol–water partition coefficient (Wildman–Crippen LogP) is 1.40. The number of hydrogen-bond acceptors (Lipinski definition) is 4. The minimum atomic E-state index is -0.494. The second kappa shape index (κ2) is 9.48. The van der Waals surface area contributed by atoms with Gasteiger partial charge in [-0.3, -0.25) is 9.69 Å². The van der Waals surface area contributed by atoms with Crippen LogP contribution in [0.4, 0.5) is 0 Å². The van der Waals surface area contributed by atoms with Crippen molar-refractivity contribution in [3.8, 4) is 0 Å². The Morgan fingerprint density at radius 3 is 2.64 bits per heavy atom. The van der Waals surface area contributed by atoms with Crippen LogP contribution in [0.3, 0.4) is 0 Å². The Labute approximate surface area is 134 Å². The summed E-state index contributed by atoms with van der Waals surface area (Å²) in [5.74, 6) is 0.961. The molecule has 1 heterocycles. The van der Waals surface area contributed by atoms with Crippen molar-refractivity contribution >= 4 is 5.91 Å². The van der Waals surface area contributed by atoms with Gasteiger partial charge in [-0.15, -0.1) is 0 Å². The van der Waals surface area contributed by atoms with Crippen LogP contribution in [0.1, 0.15) is 45.4 Å². The molecule has 0 spiro atoms. The van der Waals surface area contributed by atoms with Gasteiger partial charge in [-0.05, 0) is 18.8 Å². The number of hydrogen-bond donors (Lipinski definition) is 2. The molecule has 1 aliphatic heterocycles. The Morgan fingerprint density at radius 2 is 2.00 bits per heavy atom. The molecule has 0 aromatic heterocycles. The van der Waals surface area contributed by atoms with E-state index in [2.05, 4.69) is 17.1 Å². The van der Waals surface area contributed by atoms with Crippen LogP contribution in [-0.4, -0.2) is 61.4 Å². The third kappa shape index (κ3) is 5.86. The van der Waals surface area contributed by atoms with Crippen molar-refractivity contribution in [1.29, 1.82) is 0 Å². The number of carbonyl (C=O) groups excluding carboxylic acids is 1. The van der Waals surface area contributed by atoms with E-state index in [-0.39, 0.29) is 11.8 Å². The second-order valence-electron chi connectivity index (χ2n) is 6.80. The molecule has 5 nitrogen and oxygen atoms in total. The zero-order valence-electron chi connectivity index (χ0n) is 13.9. The maximum Gasteiger partial charge on any atom is 0.223 e. The van der Waals surface area contributed by atoms with Gasteiger partial charge in [-0.25, -0.2) is 0 Å². The number of ether oxygens (including phenoxy) is 1. The average molecular weight is 312 g/mol. The Hall–Kier alpha value is -0.650. The summed E-state index contributed by atoms with van der Waals surface area (Å²) in [6, 6.07) is 0. The molecule has 0 bridgehead atoms.